The van der Waals surface area contributed by atoms with E-state index in [0.717, 1.165) is 53.9 Å². The van der Waals surface area contributed by atoms with Gasteiger partial charge in [-0.2, -0.15) is 5.10 Å². The first kappa shape index (κ1) is 45.7. The molecule has 0 spiro atoms. The summed E-state index contributed by atoms with van der Waals surface area (Å²) in [5, 5.41) is 8.93. The van der Waals surface area contributed by atoms with Gasteiger partial charge in [0.2, 0.25) is 0 Å². The number of anilines is 1. The van der Waals surface area contributed by atoms with Crippen molar-refractivity contribution in [3.05, 3.63) is 46.9 Å². The maximum Gasteiger partial charge on any atom is 0.153 e. The summed E-state index contributed by atoms with van der Waals surface area (Å²) in [7, 11) is 1.65. The molecule has 1 aliphatic rings. The van der Waals surface area contributed by atoms with Gasteiger partial charge in [-0.1, -0.05) is 17.2 Å². The van der Waals surface area contributed by atoms with E-state index in [9.17, 15) is 4.79 Å². The molecular weight excluding hydrogens is 766 g/mol. The molecule has 3 heterocycles. The van der Waals surface area contributed by atoms with Crippen LogP contribution in [0.4, 0.5) is 5.82 Å². The Hall–Kier alpha value is -4.43. The molecule has 1 aromatic carbocycles. The Morgan fingerprint density at radius 1 is 0.831 bits per heavy atom. The smallest absolute Gasteiger partial charge is 0.153 e. The summed E-state index contributed by atoms with van der Waals surface area (Å²) in [6, 6.07) is 7.93. The number of methoxy groups -OCH3 is 1. The van der Waals surface area contributed by atoms with Gasteiger partial charge in [-0.3, -0.25) is 4.79 Å². The Balaban J connectivity index is 0.827. The number of hydrogen-bond acceptors (Lipinski definition) is 15. The third kappa shape index (κ3) is 15.0. The SMILES string of the molecule is COc1cccc2cc(-c3nc(C4CCC(C(=O)CCCOCCOCCOCCOCCOCCOCCOCCOCCN=[N+]=[N-])CC4)n4ncnc(N)c34)[nH]c12. The van der Waals surface area contributed by atoms with Gasteiger partial charge in [0, 0.05) is 41.7 Å². The molecule has 0 saturated heterocycles. The minimum Gasteiger partial charge on any atom is -0.495 e. The van der Waals surface area contributed by atoms with Crippen molar-refractivity contribution in [3.8, 4) is 17.1 Å². The topological polar surface area (TPSA) is 234 Å². The molecule has 5 rings (SSSR count). The largest absolute Gasteiger partial charge is 0.495 e. The van der Waals surface area contributed by atoms with E-state index in [1.807, 2.05) is 28.8 Å². The van der Waals surface area contributed by atoms with Crippen molar-refractivity contribution < 1.29 is 47.4 Å². The first-order valence-corrected chi connectivity index (χ1v) is 20.4. The van der Waals surface area contributed by atoms with Crippen LogP contribution in [0.25, 0.3) is 38.3 Å². The molecule has 1 aliphatic carbocycles. The van der Waals surface area contributed by atoms with Gasteiger partial charge in [0.15, 0.2) is 5.82 Å². The number of hydrogen-bond donors (Lipinski definition) is 2. The normalized spacial score (nSPS) is 15.5. The van der Waals surface area contributed by atoms with Gasteiger partial charge in [-0.15, -0.1) is 0 Å². The molecule has 3 aromatic heterocycles. The molecular formula is C40H59N9O10. The summed E-state index contributed by atoms with van der Waals surface area (Å²) in [6.45, 7) is 7.86. The lowest BCUT2D eigenvalue weighted by Gasteiger charge is -2.26. The number of nitrogens with zero attached hydrogens (tertiary/aromatic N) is 7. The third-order valence-corrected chi connectivity index (χ3v) is 9.84. The molecule has 0 aliphatic heterocycles. The summed E-state index contributed by atoms with van der Waals surface area (Å²) < 4.78 is 51.2. The number of nitrogens with two attached hydrogens (primary N) is 1. The van der Waals surface area contributed by atoms with Crippen LogP contribution >= 0.6 is 0 Å². The van der Waals surface area contributed by atoms with Crippen LogP contribution in [0.5, 0.6) is 5.75 Å². The van der Waals surface area contributed by atoms with E-state index < -0.39 is 0 Å². The number of rotatable bonds is 32. The fourth-order valence-corrected chi connectivity index (χ4v) is 6.87. The number of fused-ring (bicyclic) bond motifs is 2. The van der Waals surface area contributed by atoms with Crippen molar-refractivity contribution in [2.75, 3.05) is 125 Å². The quantitative estimate of drug-likeness (QED) is 0.0288. The fourth-order valence-electron chi connectivity index (χ4n) is 6.87. The van der Waals surface area contributed by atoms with Gasteiger partial charge in [0.25, 0.3) is 0 Å². The van der Waals surface area contributed by atoms with Gasteiger partial charge in [-0.25, -0.2) is 14.5 Å². The second-order valence-corrected chi connectivity index (χ2v) is 13.8. The lowest BCUT2D eigenvalue weighted by Crippen LogP contribution is -2.22. The molecule has 0 unspecified atom stereocenters. The molecule has 0 atom stereocenters. The zero-order valence-electron chi connectivity index (χ0n) is 34.1. The number of nitrogen functional groups attached to an aromatic ring is 1. The summed E-state index contributed by atoms with van der Waals surface area (Å²) in [5.74, 6) is 2.45. The van der Waals surface area contributed by atoms with E-state index in [2.05, 4.69) is 25.1 Å². The Bertz CT molecular complexity index is 1860. The monoisotopic (exact) mass is 825 g/mol. The zero-order valence-corrected chi connectivity index (χ0v) is 34.1. The highest BCUT2D eigenvalue weighted by Gasteiger charge is 2.31. The van der Waals surface area contributed by atoms with Crippen LogP contribution < -0.4 is 10.5 Å². The molecule has 1 saturated carbocycles. The van der Waals surface area contributed by atoms with Crippen molar-refractivity contribution in [1.29, 1.82) is 0 Å². The number of benzene rings is 1. The maximum absolute atomic E-state index is 13.1. The number of Topliss-reactive ketones (excluding diaryl/α,β-unsaturated/α-hetero) is 1. The summed E-state index contributed by atoms with van der Waals surface area (Å²) in [4.78, 5) is 28.5. The van der Waals surface area contributed by atoms with E-state index in [1.54, 1.807) is 7.11 Å². The van der Waals surface area contributed by atoms with Crippen LogP contribution in [0.3, 0.4) is 0 Å². The van der Waals surface area contributed by atoms with Gasteiger partial charge in [0.1, 0.15) is 34.9 Å². The number of aromatic nitrogens is 5. The highest BCUT2D eigenvalue weighted by Crippen LogP contribution is 2.39. The highest BCUT2D eigenvalue weighted by atomic mass is 16.6. The van der Waals surface area contributed by atoms with Gasteiger partial charge in [-0.05, 0) is 49.8 Å². The highest BCUT2D eigenvalue weighted by molar-refractivity contribution is 5.93. The minimum absolute atomic E-state index is 0.0458. The van der Waals surface area contributed by atoms with Crippen LogP contribution in [0.1, 0.15) is 50.3 Å². The second kappa shape index (κ2) is 26.6. The Morgan fingerprint density at radius 2 is 1.39 bits per heavy atom. The van der Waals surface area contributed by atoms with E-state index >= 15 is 0 Å². The van der Waals surface area contributed by atoms with Crippen molar-refractivity contribution in [1.82, 2.24) is 24.6 Å². The summed E-state index contributed by atoms with van der Waals surface area (Å²) in [6.07, 6.45) is 5.97. The number of H-pyrrole nitrogens is 1. The van der Waals surface area contributed by atoms with Crippen molar-refractivity contribution in [2.45, 2.75) is 44.4 Å². The molecule has 1 fully saturated rings. The lowest BCUT2D eigenvalue weighted by molar-refractivity contribution is -0.124. The lowest BCUT2D eigenvalue weighted by atomic mass is 9.79. The Labute approximate surface area is 344 Å². The third-order valence-electron chi connectivity index (χ3n) is 9.84. The maximum atomic E-state index is 13.1. The molecule has 0 radical (unpaired) electrons. The van der Waals surface area contributed by atoms with Gasteiger partial charge < -0.3 is 53.3 Å². The van der Waals surface area contributed by atoms with Crippen LogP contribution in [0.2, 0.25) is 0 Å². The van der Waals surface area contributed by atoms with Crippen molar-refractivity contribution in [2.24, 2.45) is 11.0 Å². The fraction of sp³-hybridized carbons (Fsp3) is 0.650. The predicted octanol–water partition coefficient (Wildman–Crippen LogP) is 4.93. The standard InChI is InChI=1S/C40H59N9O10/c1-51-35-6-2-4-32-28-33(46-36(32)35)37-38-39(41)43-29-45-49(38)40(47-37)31-9-7-30(8-10-31)34(50)5-3-12-52-14-16-54-18-20-56-22-24-58-26-27-59-25-23-57-21-19-55-17-15-53-13-11-44-48-42/h2,4,6,28-31,46H,3,5,7-27H2,1H3,(H2,41,43,45). The number of carbonyl (C=O) groups is 1. The number of aromatic amines is 1. The van der Waals surface area contributed by atoms with Gasteiger partial charge in [0.05, 0.1) is 117 Å². The molecule has 59 heavy (non-hydrogen) atoms. The number of ketones is 1. The van der Waals surface area contributed by atoms with Crippen LogP contribution in [-0.2, 0) is 42.7 Å². The van der Waals surface area contributed by atoms with Crippen LogP contribution in [0.15, 0.2) is 35.7 Å². The molecule has 19 heteroatoms. The Kier molecular flexibility index (Phi) is 20.6. The van der Waals surface area contributed by atoms with Crippen molar-refractivity contribution in [3.63, 3.8) is 0 Å². The molecule has 4 aromatic rings. The van der Waals surface area contributed by atoms with Crippen molar-refractivity contribution >= 4 is 28.0 Å². The van der Waals surface area contributed by atoms with Gasteiger partial charge >= 0.3 is 0 Å². The van der Waals surface area contributed by atoms with E-state index in [-0.39, 0.29) is 11.8 Å². The average molecular weight is 826 g/mol. The van der Waals surface area contributed by atoms with E-state index in [1.165, 1.54) is 6.33 Å². The second-order valence-electron chi connectivity index (χ2n) is 13.8. The predicted molar refractivity (Wildman–Crippen MR) is 219 cm³/mol. The van der Waals surface area contributed by atoms with E-state index in [0.29, 0.717) is 148 Å². The molecule has 0 bridgehead atoms. The summed E-state index contributed by atoms with van der Waals surface area (Å²) >= 11 is 0. The molecule has 3 N–H and O–H groups in total. The number of azide groups is 1. The molecule has 19 nitrogen and oxygen atoms in total. The Morgan fingerprint density at radius 3 is 1.95 bits per heavy atom. The number of carbonyl (C=O) groups excluding carboxylic acids is 1. The number of ether oxygens (including phenoxy) is 9. The summed E-state index contributed by atoms with van der Waals surface area (Å²) in [5.41, 5.74) is 17.6. The molecule has 324 valence electrons. The number of para-hydroxylation sites is 1. The number of imidazole rings is 1. The first-order valence-electron chi connectivity index (χ1n) is 20.4. The van der Waals surface area contributed by atoms with Crippen LogP contribution in [-0.4, -0.2) is 150 Å². The van der Waals surface area contributed by atoms with E-state index in [4.69, 9.17) is 58.9 Å². The minimum atomic E-state index is 0.0458. The molecule has 0 amide bonds. The number of nitrogens with one attached hydrogen (secondary N) is 1. The van der Waals surface area contributed by atoms with Crippen LogP contribution in [0, 0.1) is 5.92 Å². The zero-order chi connectivity index (χ0) is 41.3. The first-order chi connectivity index (χ1) is 29.1. The average Bonchev–Trinajstić information content (AvgIpc) is 3.88.